The number of alkyl halides is 3. The minimum Gasteiger partial charge on any atom is -0.327 e. The van der Waals surface area contributed by atoms with Gasteiger partial charge in [-0.15, -0.1) is 0 Å². The van der Waals surface area contributed by atoms with E-state index in [4.69, 9.17) is 5.73 Å². The van der Waals surface area contributed by atoms with Gasteiger partial charge in [0.05, 0.1) is 5.56 Å². The molecule has 0 unspecified atom stereocenters. The Balaban J connectivity index is 1.59. The maximum atomic E-state index is 12.4. The van der Waals surface area contributed by atoms with E-state index in [1.165, 1.54) is 12.1 Å². The van der Waals surface area contributed by atoms with Crippen LogP contribution in [-0.2, 0) is 6.18 Å². The van der Waals surface area contributed by atoms with Crippen LogP contribution in [0.25, 0.3) is 0 Å². The van der Waals surface area contributed by atoms with Crippen LogP contribution in [0.4, 0.5) is 23.7 Å². The largest absolute Gasteiger partial charge is 0.416 e. The Bertz CT molecular complexity index is 517. The maximum absolute atomic E-state index is 12.4. The van der Waals surface area contributed by atoms with Crippen molar-refractivity contribution in [2.24, 2.45) is 17.6 Å². The number of nitrogens with two attached hydrogens (primary N) is 1. The number of nitrogens with zero attached hydrogens (tertiary/aromatic N) is 1. The molecular formula is C13H14F3N3O. The van der Waals surface area contributed by atoms with Crippen LogP contribution in [0, 0.1) is 11.8 Å². The molecule has 0 spiro atoms. The van der Waals surface area contributed by atoms with Gasteiger partial charge in [-0.1, -0.05) is 0 Å². The van der Waals surface area contributed by atoms with Crippen LogP contribution in [0.5, 0.6) is 0 Å². The van der Waals surface area contributed by atoms with E-state index < -0.39 is 11.7 Å². The summed E-state index contributed by atoms with van der Waals surface area (Å²) in [6.45, 7) is 1.25. The second-order valence-corrected chi connectivity index (χ2v) is 5.32. The fourth-order valence-electron chi connectivity index (χ4n) is 2.68. The van der Waals surface area contributed by atoms with Gasteiger partial charge in [-0.2, -0.15) is 13.2 Å². The molecule has 2 aliphatic rings. The normalized spacial score (nSPS) is 28.2. The number of halogens is 3. The summed E-state index contributed by atoms with van der Waals surface area (Å²) in [6.07, 6.45) is -4.37. The van der Waals surface area contributed by atoms with Crippen molar-refractivity contribution in [2.45, 2.75) is 12.2 Å². The van der Waals surface area contributed by atoms with E-state index in [9.17, 15) is 18.0 Å². The number of hydrogen-bond acceptors (Lipinski definition) is 2. The number of urea groups is 1. The molecule has 0 bridgehead atoms. The number of rotatable bonds is 1. The molecule has 1 aromatic rings. The SMILES string of the molecule is N[C@@H]1[C@H]2CN(C(=O)Nc3ccc(C(F)(F)F)cc3)C[C@@H]12. The van der Waals surface area contributed by atoms with Crippen LogP contribution in [-0.4, -0.2) is 30.1 Å². The molecule has 0 aromatic heterocycles. The molecule has 4 nitrogen and oxygen atoms in total. The number of likely N-dealkylation sites (tertiary alicyclic amines) is 1. The van der Waals surface area contributed by atoms with Crippen LogP contribution in [0.2, 0.25) is 0 Å². The fraction of sp³-hybridized carbons (Fsp3) is 0.462. The van der Waals surface area contributed by atoms with Gasteiger partial charge in [-0.25, -0.2) is 4.79 Å². The highest BCUT2D eigenvalue weighted by molar-refractivity contribution is 5.89. The molecule has 3 N–H and O–H groups in total. The molecule has 1 saturated carbocycles. The van der Waals surface area contributed by atoms with Crippen molar-refractivity contribution in [1.29, 1.82) is 0 Å². The number of hydrogen-bond donors (Lipinski definition) is 2. The van der Waals surface area contributed by atoms with Crippen LogP contribution >= 0.6 is 0 Å². The third kappa shape index (κ3) is 2.33. The molecule has 1 aliphatic carbocycles. The average Bonchev–Trinajstić information content (AvgIpc) is 2.82. The first-order valence-corrected chi connectivity index (χ1v) is 6.35. The Hall–Kier alpha value is -1.76. The van der Waals surface area contributed by atoms with Gasteiger partial charge in [0.2, 0.25) is 0 Å². The highest BCUT2D eigenvalue weighted by Gasteiger charge is 2.54. The molecule has 20 heavy (non-hydrogen) atoms. The van der Waals surface area contributed by atoms with E-state index in [1.54, 1.807) is 4.90 Å². The summed E-state index contributed by atoms with van der Waals surface area (Å²) in [5.74, 6) is 0.765. The quantitative estimate of drug-likeness (QED) is 0.830. The second kappa shape index (κ2) is 4.37. The minimum absolute atomic E-state index is 0.199. The van der Waals surface area contributed by atoms with Crippen molar-refractivity contribution >= 4 is 11.7 Å². The number of carbonyl (C=O) groups is 1. The molecule has 7 heteroatoms. The van der Waals surface area contributed by atoms with E-state index >= 15 is 0 Å². The number of amides is 2. The van der Waals surface area contributed by atoms with Crippen molar-refractivity contribution in [2.75, 3.05) is 18.4 Å². The van der Waals surface area contributed by atoms with E-state index in [2.05, 4.69) is 5.32 Å². The van der Waals surface area contributed by atoms with Gasteiger partial charge in [0.15, 0.2) is 0 Å². The fourth-order valence-corrected chi connectivity index (χ4v) is 2.68. The standard InChI is InChI=1S/C13H14F3N3O/c14-13(15,16)7-1-3-8(4-2-7)18-12(20)19-5-9-10(6-19)11(9)17/h1-4,9-11H,5-6,17H2,(H,18,20)/t9-,10+,11+. The molecular weight excluding hydrogens is 271 g/mol. The van der Waals surface area contributed by atoms with Gasteiger partial charge in [-0.3, -0.25) is 0 Å². The summed E-state index contributed by atoms with van der Waals surface area (Å²) in [4.78, 5) is 13.6. The van der Waals surface area contributed by atoms with Gasteiger partial charge in [0.25, 0.3) is 0 Å². The average molecular weight is 285 g/mol. The second-order valence-electron chi connectivity index (χ2n) is 5.32. The number of anilines is 1. The van der Waals surface area contributed by atoms with Gasteiger partial charge in [-0.05, 0) is 36.1 Å². The third-order valence-corrected chi connectivity index (χ3v) is 4.01. The van der Waals surface area contributed by atoms with E-state index in [0.717, 1.165) is 12.1 Å². The molecule has 108 valence electrons. The molecule has 2 fully saturated rings. The highest BCUT2D eigenvalue weighted by atomic mass is 19.4. The topological polar surface area (TPSA) is 58.4 Å². The summed E-state index contributed by atoms with van der Waals surface area (Å²) < 4.78 is 37.2. The van der Waals surface area contributed by atoms with Gasteiger partial charge in [0.1, 0.15) is 0 Å². The minimum atomic E-state index is -4.37. The van der Waals surface area contributed by atoms with Crippen molar-refractivity contribution in [1.82, 2.24) is 4.90 Å². The third-order valence-electron chi connectivity index (χ3n) is 4.01. The molecule has 1 heterocycles. The first-order valence-electron chi connectivity index (χ1n) is 6.35. The van der Waals surface area contributed by atoms with E-state index in [1.807, 2.05) is 0 Å². The first kappa shape index (κ1) is 13.2. The van der Waals surface area contributed by atoms with Crippen molar-refractivity contribution in [3.63, 3.8) is 0 Å². The molecule has 3 rings (SSSR count). The highest BCUT2D eigenvalue weighted by Crippen LogP contribution is 2.43. The predicted octanol–water partition coefficient (Wildman–Crippen LogP) is 2.13. The Morgan fingerprint density at radius 2 is 1.75 bits per heavy atom. The lowest BCUT2D eigenvalue weighted by molar-refractivity contribution is -0.137. The van der Waals surface area contributed by atoms with Crippen molar-refractivity contribution in [3.8, 4) is 0 Å². The molecule has 1 saturated heterocycles. The summed E-state index contributed by atoms with van der Waals surface area (Å²) in [5.41, 5.74) is 5.40. The zero-order valence-corrected chi connectivity index (χ0v) is 10.5. The number of nitrogens with one attached hydrogen (secondary N) is 1. The first-order chi connectivity index (χ1) is 9.36. The Morgan fingerprint density at radius 3 is 2.25 bits per heavy atom. The van der Waals surface area contributed by atoms with Crippen LogP contribution in [0.3, 0.4) is 0 Å². The molecule has 3 atom stereocenters. The van der Waals surface area contributed by atoms with E-state index in [-0.39, 0.29) is 12.1 Å². The summed E-state index contributed by atoms with van der Waals surface area (Å²) in [7, 11) is 0. The van der Waals surface area contributed by atoms with E-state index in [0.29, 0.717) is 30.6 Å². The van der Waals surface area contributed by atoms with Crippen LogP contribution < -0.4 is 11.1 Å². The lowest BCUT2D eigenvalue weighted by Gasteiger charge is -2.19. The van der Waals surface area contributed by atoms with Gasteiger partial charge < -0.3 is 16.0 Å². The van der Waals surface area contributed by atoms with Gasteiger partial charge >= 0.3 is 12.2 Å². The zero-order chi connectivity index (χ0) is 14.5. The summed E-state index contributed by atoms with van der Waals surface area (Å²) in [5, 5.41) is 2.60. The van der Waals surface area contributed by atoms with Crippen LogP contribution in [0.1, 0.15) is 5.56 Å². The maximum Gasteiger partial charge on any atom is 0.416 e. The van der Waals surface area contributed by atoms with Crippen LogP contribution in [0.15, 0.2) is 24.3 Å². The van der Waals surface area contributed by atoms with Crippen molar-refractivity contribution < 1.29 is 18.0 Å². The number of carbonyl (C=O) groups excluding carboxylic acids is 1. The smallest absolute Gasteiger partial charge is 0.327 e. The summed E-state index contributed by atoms with van der Waals surface area (Å²) in [6, 6.07) is 4.32. The van der Waals surface area contributed by atoms with Gasteiger partial charge in [0, 0.05) is 24.8 Å². The predicted molar refractivity (Wildman–Crippen MR) is 67.0 cm³/mol. The molecule has 1 aromatic carbocycles. The summed E-state index contributed by atoms with van der Waals surface area (Å²) >= 11 is 0. The Morgan fingerprint density at radius 1 is 1.20 bits per heavy atom. The number of benzene rings is 1. The lowest BCUT2D eigenvalue weighted by Crippen LogP contribution is -2.37. The number of piperidine rings is 1. The zero-order valence-electron chi connectivity index (χ0n) is 10.5. The number of fused-ring (bicyclic) bond motifs is 1. The molecule has 1 aliphatic heterocycles. The van der Waals surface area contributed by atoms with Crippen molar-refractivity contribution in [3.05, 3.63) is 29.8 Å². The molecule has 0 radical (unpaired) electrons. The Labute approximate surface area is 113 Å². The lowest BCUT2D eigenvalue weighted by atomic mass is 10.2. The monoisotopic (exact) mass is 285 g/mol. The molecule has 2 amide bonds. The Kier molecular flexibility index (Phi) is 2.89.